The van der Waals surface area contributed by atoms with Crippen LogP contribution < -0.4 is 5.32 Å². The summed E-state index contributed by atoms with van der Waals surface area (Å²) in [4.78, 5) is 23.5. The number of nitrogens with one attached hydrogen (secondary N) is 1. The van der Waals surface area contributed by atoms with E-state index < -0.39 is 24.0 Å². The van der Waals surface area contributed by atoms with Crippen LogP contribution in [0.2, 0.25) is 5.02 Å². The van der Waals surface area contributed by atoms with Gasteiger partial charge in [-0.3, -0.25) is 4.79 Å². The molecule has 1 aliphatic carbocycles. The lowest BCUT2D eigenvalue weighted by Gasteiger charge is -2.22. The number of esters is 1. The van der Waals surface area contributed by atoms with Crippen molar-refractivity contribution in [2.45, 2.75) is 25.3 Å². The summed E-state index contributed by atoms with van der Waals surface area (Å²) in [5, 5.41) is 12.3. The second-order valence-corrected chi connectivity index (χ2v) is 5.66. The molecule has 0 saturated heterocycles. The van der Waals surface area contributed by atoms with Gasteiger partial charge in [0.15, 0.2) is 6.61 Å². The van der Waals surface area contributed by atoms with Crippen molar-refractivity contribution in [2.24, 2.45) is 5.92 Å². The van der Waals surface area contributed by atoms with Gasteiger partial charge in [0.25, 0.3) is 5.91 Å². The predicted octanol–water partition coefficient (Wildman–Crippen LogP) is 2.31. The van der Waals surface area contributed by atoms with Crippen molar-refractivity contribution >= 4 is 23.5 Å². The highest BCUT2D eigenvalue weighted by Crippen LogP contribution is 2.39. The zero-order valence-electron chi connectivity index (χ0n) is 11.6. The molecule has 0 radical (unpaired) electrons. The highest BCUT2D eigenvalue weighted by atomic mass is 35.5. The summed E-state index contributed by atoms with van der Waals surface area (Å²) in [7, 11) is 0. The average Bonchev–Trinajstić information content (AvgIpc) is 3.30. The molecule has 1 atom stereocenters. The van der Waals surface area contributed by atoms with E-state index in [2.05, 4.69) is 11.4 Å². The Hall–Kier alpha value is -2.06. The third-order valence-electron chi connectivity index (χ3n) is 3.44. The lowest BCUT2D eigenvalue weighted by Crippen LogP contribution is -2.48. The van der Waals surface area contributed by atoms with Crippen molar-refractivity contribution in [2.75, 3.05) is 6.61 Å². The molecule has 1 aliphatic rings. The standard InChI is InChI=1S/C15H15ClN2O3/c1-15(9-17,11-4-5-11)18-13(19)8-21-14(20)10-2-6-12(16)7-3-10/h2-3,6-7,11H,4-5,8H2,1H3,(H,18,19)/t15-/m1/s1. The molecule has 0 heterocycles. The molecule has 0 aromatic heterocycles. The van der Waals surface area contributed by atoms with E-state index in [9.17, 15) is 9.59 Å². The minimum Gasteiger partial charge on any atom is -0.452 e. The molecular formula is C15H15ClN2O3. The third kappa shape index (κ3) is 3.96. The van der Waals surface area contributed by atoms with Crippen molar-refractivity contribution in [3.63, 3.8) is 0 Å². The molecule has 5 nitrogen and oxygen atoms in total. The van der Waals surface area contributed by atoms with E-state index in [1.807, 2.05) is 0 Å². The molecule has 0 unspecified atom stereocenters. The van der Waals surface area contributed by atoms with Crippen LogP contribution in [0.1, 0.15) is 30.1 Å². The summed E-state index contributed by atoms with van der Waals surface area (Å²) in [6.07, 6.45) is 1.85. The van der Waals surface area contributed by atoms with Crippen molar-refractivity contribution < 1.29 is 14.3 Å². The maximum Gasteiger partial charge on any atom is 0.338 e. The topological polar surface area (TPSA) is 79.2 Å². The van der Waals surface area contributed by atoms with Gasteiger partial charge in [-0.1, -0.05) is 11.6 Å². The third-order valence-corrected chi connectivity index (χ3v) is 3.69. The molecule has 1 saturated carbocycles. The van der Waals surface area contributed by atoms with E-state index in [1.165, 1.54) is 12.1 Å². The minimum atomic E-state index is -0.885. The summed E-state index contributed by atoms with van der Waals surface area (Å²) in [6, 6.07) is 8.28. The van der Waals surface area contributed by atoms with Crippen LogP contribution in [0.25, 0.3) is 0 Å². The molecule has 0 spiro atoms. The Labute approximate surface area is 127 Å². The maximum absolute atomic E-state index is 11.8. The number of nitrogens with zero attached hydrogens (tertiary/aromatic N) is 1. The lowest BCUT2D eigenvalue weighted by atomic mass is 9.98. The van der Waals surface area contributed by atoms with Crippen LogP contribution >= 0.6 is 11.6 Å². The molecule has 1 fully saturated rings. The second-order valence-electron chi connectivity index (χ2n) is 5.22. The van der Waals surface area contributed by atoms with Crippen LogP contribution in [-0.2, 0) is 9.53 Å². The molecule has 1 N–H and O–H groups in total. The van der Waals surface area contributed by atoms with Gasteiger partial charge >= 0.3 is 5.97 Å². The van der Waals surface area contributed by atoms with Crippen LogP contribution in [0.5, 0.6) is 0 Å². The van der Waals surface area contributed by atoms with Crippen molar-refractivity contribution in [3.05, 3.63) is 34.9 Å². The summed E-state index contributed by atoms with van der Waals surface area (Å²) in [6.45, 7) is 1.27. The van der Waals surface area contributed by atoms with Gasteiger partial charge in [-0.25, -0.2) is 4.79 Å². The van der Waals surface area contributed by atoms with Gasteiger partial charge < -0.3 is 10.1 Å². The monoisotopic (exact) mass is 306 g/mol. The average molecular weight is 307 g/mol. The number of nitriles is 1. The van der Waals surface area contributed by atoms with E-state index in [-0.39, 0.29) is 5.92 Å². The summed E-state index contributed by atoms with van der Waals surface area (Å²) in [5.41, 5.74) is -0.568. The minimum absolute atomic E-state index is 0.179. The Balaban J connectivity index is 1.85. The fraction of sp³-hybridized carbons (Fsp3) is 0.400. The molecule has 6 heteroatoms. The van der Waals surface area contributed by atoms with Gasteiger partial charge in [0.2, 0.25) is 0 Å². The Morgan fingerprint density at radius 1 is 1.43 bits per heavy atom. The zero-order chi connectivity index (χ0) is 15.5. The van der Waals surface area contributed by atoms with Gasteiger partial charge in [0.1, 0.15) is 5.54 Å². The number of hydrogen-bond acceptors (Lipinski definition) is 4. The van der Waals surface area contributed by atoms with E-state index in [4.69, 9.17) is 21.6 Å². The fourth-order valence-corrected chi connectivity index (χ4v) is 2.13. The summed E-state index contributed by atoms with van der Waals surface area (Å²) >= 11 is 5.72. The number of carbonyl (C=O) groups is 2. The van der Waals surface area contributed by atoms with Crippen LogP contribution in [0.4, 0.5) is 0 Å². The molecular weight excluding hydrogens is 292 g/mol. The van der Waals surface area contributed by atoms with Gasteiger partial charge in [0.05, 0.1) is 11.6 Å². The van der Waals surface area contributed by atoms with Gasteiger partial charge in [-0.05, 0) is 49.9 Å². The first-order chi connectivity index (χ1) is 9.94. The van der Waals surface area contributed by atoms with E-state index in [0.717, 1.165) is 12.8 Å². The maximum atomic E-state index is 11.8. The number of halogens is 1. The van der Waals surface area contributed by atoms with Gasteiger partial charge in [0, 0.05) is 5.02 Å². The van der Waals surface area contributed by atoms with Crippen molar-refractivity contribution in [1.82, 2.24) is 5.32 Å². The molecule has 110 valence electrons. The molecule has 21 heavy (non-hydrogen) atoms. The smallest absolute Gasteiger partial charge is 0.338 e. The first kappa shape index (κ1) is 15.3. The normalized spacial score (nSPS) is 16.4. The number of benzene rings is 1. The van der Waals surface area contributed by atoms with E-state index >= 15 is 0 Å². The van der Waals surface area contributed by atoms with Crippen molar-refractivity contribution in [1.29, 1.82) is 5.26 Å². The second kappa shape index (κ2) is 6.15. The number of ether oxygens (including phenoxy) is 1. The Morgan fingerprint density at radius 3 is 2.57 bits per heavy atom. The van der Waals surface area contributed by atoms with E-state index in [1.54, 1.807) is 19.1 Å². The first-order valence-electron chi connectivity index (χ1n) is 6.59. The SMILES string of the molecule is C[C@](C#N)(NC(=O)COC(=O)c1ccc(Cl)cc1)C1CC1. The highest BCUT2D eigenvalue weighted by molar-refractivity contribution is 6.30. The van der Waals surface area contributed by atoms with Crippen molar-refractivity contribution in [3.8, 4) is 6.07 Å². The molecule has 1 aromatic rings. The first-order valence-corrected chi connectivity index (χ1v) is 6.97. The predicted molar refractivity (Wildman–Crippen MR) is 76.6 cm³/mol. The Morgan fingerprint density at radius 2 is 2.05 bits per heavy atom. The molecule has 0 bridgehead atoms. The number of hydrogen-bond donors (Lipinski definition) is 1. The van der Waals surface area contributed by atoms with Gasteiger partial charge in [-0.2, -0.15) is 5.26 Å². The number of amides is 1. The quantitative estimate of drug-likeness (QED) is 0.847. The number of rotatable bonds is 5. The summed E-state index contributed by atoms with van der Waals surface area (Å²) in [5.74, 6) is -0.904. The Bertz CT molecular complexity index is 590. The number of carbonyl (C=O) groups excluding carboxylic acids is 2. The Kier molecular flexibility index (Phi) is 4.49. The fourth-order valence-electron chi connectivity index (χ4n) is 2.01. The molecule has 1 aromatic carbocycles. The van der Waals surface area contributed by atoms with Crippen LogP contribution in [0, 0.1) is 17.2 Å². The zero-order valence-corrected chi connectivity index (χ0v) is 12.3. The molecule has 1 amide bonds. The van der Waals surface area contributed by atoms with Crippen LogP contribution in [0.15, 0.2) is 24.3 Å². The van der Waals surface area contributed by atoms with Crippen LogP contribution in [-0.4, -0.2) is 24.0 Å². The van der Waals surface area contributed by atoms with E-state index in [0.29, 0.717) is 10.6 Å². The lowest BCUT2D eigenvalue weighted by molar-refractivity contribution is -0.125. The molecule has 0 aliphatic heterocycles. The highest BCUT2D eigenvalue weighted by Gasteiger charge is 2.43. The summed E-state index contributed by atoms with van der Waals surface area (Å²) < 4.78 is 4.92. The molecule has 2 rings (SSSR count). The van der Waals surface area contributed by atoms with Gasteiger partial charge in [-0.15, -0.1) is 0 Å². The van der Waals surface area contributed by atoms with Crippen LogP contribution in [0.3, 0.4) is 0 Å². The largest absolute Gasteiger partial charge is 0.452 e.